The summed E-state index contributed by atoms with van der Waals surface area (Å²) in [6.45, 7) is 20.8. The number of rotatable bonds is 10. The van der Waals surface area contributed by atoms with Gasteiger partial charge in [0, 0.05) is 35.1 Å². The number of nitrogens with one attached hydrogen (secondary N) is 3. The van der Waals surface area contributed by atoms with Crippen molar-refractivity contribution in [2.75, 3.05) is 0 Å². The predicted molar refractivity (Wildman–Crippen MR) is 171 cm³/mol. The van der Waals surface area contributed by atoms with E-state index in [1.807, 2.05) is 69.3 Å². The molecule has 4 aromatic rings. The van der Waals surface area contributed by atoms with Gasteiger partial charge in [0.05, 0.1) is 16.9 Å². The Labute approximate surface area is 242 Å². The van der Waals surface area contributed by atoms with Gasteiger partial charge in [-0.25, -0.2) is 9.97 Å². The smallest absolute Gasteiger partial charge is 0.161 e. The first kappa shape index (κ1) is 29.2. The molecule has 210 valence electrons. The van der Waals surface area contributed by atoms with Crippen molar-refractivity contribution in [2.24, 2.45) is 5.41 Å². The molecule has 0 bridgehead atoms. The van der Waals surface area contributed by atoms with Crippen LogP contribution in [0.3, 0.4) is 0 Å². The summed E-state index contributed by atoms with van der Waals surface area (Å²) in [5.41, 5.74) is 9.77. The number of nitrogens with zero attached hydrogens (tertiary/aromatic N) is 4. The van der Waals surface area contributed by atoms with E-state index in [1.54, 1.807) is 18.5 Å². The number of hydrogen-bond acceptors (Lipinski definition) is 5. The molecule has 0 aliphatic heterocycles. The molecule has 4 aromatic heterocycles. The number of aromatic amines is 2. The van der Waals surface area contributed by atoms with Crippen LogP contribution < -0.4 is 5.32 Å². The zero-order chi connectivity index (χ0) is 29.6. The van der Waals surface area contributed by atoms with E-state index in [2.05, 4.69) is 65.5 Å². The second-order valence-corrected chi connectivity index (χ2v) is 11.1. The Morgan fingerprint density at radius 1 is 1.07 bits per heavy atom. The number of pyridine rings is 2. The van der Waals surface area contributed by atoms with Crippen LogP contribution in [-0.2, 0) is 0 Å². The average Bonchev–Trinajstić information content (AvgIpc) is 3.53. The zero-order valence-electron chi connectivity index (χ0n) is 24.8. The van der Waals surface area contributed by atoms with Gasteiger partial charge in [-0.3, -0.25) is 10.1 Å². The summed E-state index contributed by atoms with van der Waals surface area (Å²) in [7, 11) is 0. The van der Waals surface area contributed by atoms with Gasteiger partial charge in [0.15, 0.2) is 11.5 Å². The van der Waals surface area contributed by atoms with E-state index in [0.29, 0.717) is 11.5 Å². The van der Waals surface area contributed by atoms with Crippen molar-refractivity contribution in [3.8, 4) is 11.5 Å². The zero-order valence-corrected chi connectivity index (χ0v) is 24.8. The summed E-state index contributed by atoms with van der Waals surface area (Å²) < 4.78 is 0. The minimum Gasteiger partial charge on any atom is -0.359 e. The van der Waals surface area contributed by atoms with Crippen LogP contribution in [-0.4, -0.2) is 30.1 Å². The highest BCUT2D eigenvalue weighted by atomic mass is 15.2. The maximum absolute atomic E-state index is 5.02. The fourth-order valence-electron chi connectivity index (χ4n) is 4.60. The molecule has 0 atom stereocenters. The van der Waals surface area contributed by atoms with Crippen LogP contribution in [0.2, 0.25) is 0 Å². The lowest BCUT2D eigenvalue weighted by Crippen LogP contribution is -2.16. The van der Waals surface area contributed by atoms with Gasteiger partial charge >= 0.3 is 0 Å². The highest BCUT2D eigenvalue weighted by Gasteiger charge is 2.19. The van der Waals surface area contributed by atoms with E-state index >= 15 is 0 Å². The van der Waals surface area contributed by atoms with Crippen LogP contribution in [0.25, 0.3) is 33.7 Å². The molecular formula is C34H39N7. The van der Waals surface area contributed by atoms with Gasteiger partial charge in [0.1, 0.15) is 5.52 Å². The second-order valence-electron chi connectivity index (χ2n) is 11.1. The molecule has 0 fully saturated rings. The van der Waals surface area contributed by atoms with Gasteiger partial charge in [-0.15, -0.1) is 0 Å². The first-order valence-corrected chi connectivity index (χ1v) is 13.7. The van der Waals surface area contributed by atoms with E-state index in [1.165, 1.54) is 0 Å². The molecule has 0 aliphatic rings. The van der Waals surface area contributed by atoms with Crippen LogP contribution >= 0.6 is 0 Å². The molecule has 0 aromatic carbocycles. The number of H-pyrrole nitrogens is 2. The molecule has 0 spiro atoms. The number of aryl methyl sites for hydroxylation is 1. The van der Waals surface area contributed by atoms with E-state index in [-0.39, 0.29) is 5.41 Å². The second kappa shape index (κ2) is 12.6. The van der Waals surface area contributed by atoms with Crippen LogP contribution in [0.1, 0.15) is 63.7 Å². The molecule has 0 amide bonds. The molecule has 0 aliphatic carbocycles. The first-order chi connectivity index (χ1) is 19.6. The van der Waals surface area contributed by atoms with E-state index < -0.39 is 0 Å². The fraction of sp³-hybridized carbons (Fsp3) is 0.235. The van der Waals surface area contributed by atoms with Crippen molar-refractivity contribution in [1.29, 1.82) is 0 Å². The lowest BCUT2D eigenvalue weighted by Gasteiger charge is -2.21. The van der Waals surface area contributed by atoms with E-state index in [9.17, 15) is 0 Å². The maximum Gasteiger partial charge on any atom is 0.161 e. The quantitative estimate of drug-likeness (QED) is 0.175. The number of fused-ring (bicyclic) bond motifs is 1. The minimum atomic E-state index is 0.135. The lowest BCUT2D eigenvalue weighted by molar-refractivity contribution is 0.403. The van der Waals surface area contributed by atoms with Crippen molar-refractivity contribution in [1.82, 2.24) is 35.5 Å². The Hall–Kier alpha value is -4.78. The predicted octanol–water partition coefficient (Wildman–Crippen LogP) is 8.07. The van der Waals surface area contributed by atoms with Crippen LogP contribution in [0.5, 0.6) is 0 Å². The molecule has 7 nitrogen and oxygen atoms in total. The summed E-state index contributed by atoms with van der Waals surface area (Å²) in [5, 5.41) is 11.1. The molecule has 0 unspecified atom stereocenters. The maximum atomic E-state index is 5.02. The molecular weight excluding hydrogens is 506 g/mol. The van der Waals surface area contributed by atoms with Crippen molar-refractivity contribution in [3.05, 3.63) is 120 Å². The molecule has 0 saturated carbocycles. The van der Waals surface area contributed by atoms with Gasteiger partial charge in [0.2, 0.25) is 0 Å². The summed E-state index contributed by atoms with van der Waals surface area (Å²) in [6, 6.07) is 7.95. The minimum absolute atomic E-state index is 0.135. The van der Waals surface area contributed by atoms with Crippen molar-refractivity contribution in [2.45, 2.75) is 48.0 Å². The highest BCUT2D eigenvalue weighted by molar-refractivity contribution is 5.90. The third-order valence-corrected chi connectivity index (χ3v) is 6.42. The van der Waals surface area contributed by atoms with Crippen LogP contribution in [0.15, 0.2) is 97.7 Å². The Morgan fingerprint density at radius 3 is 2.49 bits per heavy atom. The van der Waals surface area contributed by atoms with Crippen molar-refractivity contribution < 1.29 is 0 Å². The van der Waals surface area contributed by atoms with Crippen LogP contribution in [0, 0.1) is 12.3 Å². The Morgan fingerprint density at radius 2 is 1.83 bits per heavy atom. The molecule has 0 radical (unpaired) electrons. The number of aromatic nitrogens is 6. The van der Waals surface area contributed by atoms with Gasteiger partial charge < -0.3 is 10.3 Å². The monoisotopic (exact) mass is 545 g/mol. The van der Waals surface area contributed by atoms with Crippen molar-refractivity contribution >= 4 is 22.2 Å². The standard InChI is InChI=1S/C34H39N7/c1-9-12-13-27(25-16-18-35-19-17-25)30-23(5)37-33(39-30)32-31-29(40-41-32)15-14-28(38-31)24(10-2)20-26(11-3)36-22(4)21-34(6,7)8/h9-20,36H,3-4,21H2,1-2,5-8H3,(H,37,39)(H,40,41)/b12-9-,24-10+,26-20+,27-13-. The first-order valence-electron chi connectivity index (χ1n) is 13.7. The normalized spacial score (nSPS) is 13.3. The molecule has 4 heterocycles. The highest BCUT2D eigenvalue weighted by Crippen LogP contribution is 2.30. The van der Waals surface area contributed by atoms with Gasteiger partial charge in [-0.2, -0.15) is 5.10 Å². The van der Waals surface area contributed by atoms with E-state index in [4.69, 9.17) is 9.97 Å². The van der Waals surface area contributed by atoms with Crippen LogP contribution in [0.4, 0.5) is 0 Å². The topological polar surface area (TPSA) is 95.2 Å². The third-order valence-electron chi connectivity index (χ3n) is 6.42. The van der Waals surface area contributed by atoms with E-state index in [0.717, 1.165) is 62.6 Å². The molecule has 4 rings (SSSR count). The Bertz CT molecular complexity index is 1670. The molecule has 7 heteroatoms. The Balaban J connectivity index is 1.71. The van der Waals surface area contributed by atoms with Gasteiger partial charge in [-0.1, -0.05) is 58.2 Å². The number of allylic oxidation sites excluding steroid dienone is 8. The largest absolute Gasteiger partial charge is 0.359 e. The molecule has 0 saturated heterocycles. The average molecular weight is 546 g/mol. The number of hydrogen-bond donors (Lipinski definition) is 3. The molecule has 41 heavy (non-hydrogen) atoms. The van der Waals surface area contributed by atoms with Gasteiger partial charge in [0.25, 0.3) is 0 Å². The summed E-state index contributed by atoms with van der Waals surface area (Å²) in [6.07, 6.45) is 16.4. The number of imidazole rings is 1. The van der Waals surface area contributed by atoms with Crippen molar-refractivity contribution in [3.63, 3.8) is 0 Å². The SMILES string of the molecule is C=C/C(=C\C(=C/C)c1ccc2[nH]nc(-c3nc(/C(=C\C=C/C)c4ccncc4)c(C)[nH]3)c2n1)NC(=C)CC(C)(C)C. The Kier molecular flexibility index (Phi) is 8.97. The third kappa shape index (κ3) is 7.06. The summed E-state index contributed by atoms with van der Waals surface area (Å²) in [4.78, 5) is 17.6. The molecule has 3 N–H and O–H groups in total. The summed E-state index contributed by atoms with van der Waals surface area (Å²) in [5.74, 6) is 0.651. The summed E-state index contributed by atoms with van der Waals surface area (Å²) >= 11 is 0. The fourth-order valence-corrected chi connectivity index (χ4v) is 4.60. The van der Waals surface area contributed by atoms with Gasteiger partial charge in [-0.05, 0) is 80.2 Å². The lowest BCUT2D eigenvalue weighted by atomic mass is 9.91.